The predicted molar refractivity (Wildman–Crippen MR) is 63.1 cm³/mol. The van der Waals surface area contributed by atoms with Crippen LogP contribution in [0.2, 0.25) is 0 Å². The largest absolute Gasteiger partial charge is 0.461 e. The number of piperidine rings is 1. The molecule has 2 N–H and O–H groups in total. The van der Waals surface area contributed by atoms with Crippen LogP contribution >= 0.6 is 12.6 Å². The lowest BCUT2D eigenvalue weighted by molar-refractivity contribution is -0.152. The van der Waals surface area contributed by atoms with E-state index in [0.717, 1.165) is 25.9 Å². The Morgan fingerprint density at radius 1 is 1.60 bits per heavy atom. The average Bonchev–Trinajstić information content (AvgIpc) is 2.22. The van der Waals surface area contributed by atoms with E-state index in [0.29, 0.717) is 12.2 Å². The molecule has 0 bridgehead atoms. The fourth-order valence-electron chi connectivity index (χ4n) is 1.61. The summed E-state index contributed by atoms with van der Waals surface area (Å²) < 4.78 is 5.33. The van der Waals surface area contributed by atoms with Crippen molar-refractivity contribution in [2.75, 3.05) is 25.9 Å². The van der Waals surface area contributed by atoms with E-state index in [2.05, 4.69) is 24.6 Å². The van der Waals surface area contributed by atoms with Gasteiger partial charge in [-0.1, -0.05) is 0 Å². The Balaban J connectivity index is 2.25. The third-order valence-corrected chi connectivity index (χ3v) is 2.95. The van der Waals surface area contributed by atoms with Crippen LogP contribution in [0.3, 0.4) is 0 Å². The summed E-state index contributed by atoms with van der Waals surface area (Å²) in [5.74, 6) is 0.336. The van der Waals surface area contributed by atoms with E-state index in [1.165, 1.54) is 0 Å². The lowest BCUT2D eigenvalue weighted by Gasteiger charge is -2.29. The highest BCUT2D eigenvalue weighted by atomic mass is 32.1. The van der Waals surface area contributed by atoms with Crippen LogP contribution in [0.15, 0.2) is 0 Å². The standard InChI is InChI=1S/C10H20N2O2S/c1-12-5-2-8(3-6-12)14-10(13)9(11)4-7-15/h8-9,15H,2-7,11H2,1H3. The highest BCUT2D eigenvalue weighted by molar-refractivity contribution is 7.80. The van der Waals surface area contributed by atoms with E-state index in [1.54, 1.807) is 0 Å². The summed E-state index contributed by atoms with van der Waals surface area (Å²) in [5.41, 5.74) is 5.64. The number of thiol groups is 1. The molecule has 1 atom stereocenters. The molecular weight excluding hydrogens is 212 g/mol. The summed E-state index contributed by atoms with van der Waals surface area (Å²) in [7, 11) is 2.07. The summed E-state index contributed by atoms with van der Waals surface area (Å²) in [4.78, 5) is 13.7. The van der Waals surface area contributed by atoms with E-state index in [-0.39, 0.29) is 12.1 Å². The Labute approximate surface area is 96.5 Å². The van der Waals surface area contributed by atoms with Crippen LogP contribution in [-0.2, 0) is 9.53 Å². The van der Waals surface area contributed by atoms with Gasteiger partial charge in [0.15, 0.2) is 0 Å². The molecule has 0 spiro atoms. The molecule has 1 rings (SSSR count). The number of esters is 1. The molecule has 1 saturated heterocycles. The monoisotopic (exact) mass is 232 g/mol. The molecule has 88 valence electrons. The normalized spacial score (nSPS) is 21.3. The quantitative estimate of drug-likeness (QED) is 0.540. The average molecular weight is 232 g/mol. The van der Waals surface area contributed by atoms with E-state index in [1.807, 2.05) is 0 Å². The molecule has 4 nitrogen and oxygen atoms in total. The summed E-state index contributed by atoms with van der Waals surface area (Å²) in [6.07, 6.45) is 2.46. The second-order valence-electron chi connectivity index (χ2n) is 4.06. The Bertz CT molecular complexity index is 206. The van der Waals surface area contributed by atoms with Gasteiger partial charge >= 0.3 is 5.97 Å². The Morgan fingerprint density at radius 3 is 2.73 bits per heavy atom. The number of nitrogens with zero attached hydrogens (tertiary/aromatic N) is 1. The topological polar surface area (TPSA) is 55.6 Å². The second kappa shape index (κ2) is 6.35. The van der Waals surface area contributed by atoms with Crippen molar-refractivity contribution in [3.63, 3.8) is 0 Å². The van der Waals surface area contributed by atoms with Gasteiger partial charge in [-0.15, -0.1) is 0 Å². The van der Waals surface area contributed by atoms with Gasteiger partial charge in [-0.25, -0.2) is 0 Å². The fraction of sp³-hybridized carbons (Fsp3) is 0.900. The minimum Gasteiger partial charge on any atom is -0.461 e. The Hall–Kier alpha value is -0.260. The van der Waals surface area contributed by atoms with Gasteiger partial charge in [0.1, 0.15) is 12.1 Å². The molecule has 5 heteroatoms. The van der Waals surface area contributed by atoms with Crippen molar-refractivity contribution in [1.29, 1.82) is 0 Å². The maximum atomic E-state index is 11.5. The van der Waals surface area contributed by atoms with Gasteiger partial charge in [0.2, 0.25) is 0 Å². The summed E-state index contributed by atoms with van der Waals surface area (Å²) in [5, 5.41) is 0. The van der Waals surface area contributed by atoms with Crippen LogP contribution in [0.4, 0.5) is 0 Å². The number of rotatable bonds is 4. The van der Waals surface area contributed by atoms with Crippen molar-refractivity contribution in [2.24, 2.45) is 5.73 Å². The third kappa shape index (κ3) is 4.40. The fourth-order valence-corrected chi connectivity index (χ4v) is 1.89. The van der Waals surface area contributed by atoms with Gasteiger partial charge in [0.25, 0.3) is 0 Å². The van der Waals surface area contributed by atoms with Gasteiger partial charge < -0.3 is 15.4 Å². The molecule has 1 heterocycles. The molecule has 0 aromatic carbocycles. The number of nitrogens with two attached hydrogens (primary N) is 1. The first-order valence-electron chi connectivity index (χ1n) is 5.39. The molecule has 0 radical (unpaired) electrons. The van der Waals surface area contributed by atoms with Crippen molar-refractivity contribution >= 4 is 18.6 Å². The lowest BCUT2D eigenvalue weighted by atomic mass is 10.1. The van der Waals surface area contributed by atoms with Crippen LogP contribution < -0.4 is 5.73 Å². The SMILES string of the molecule is CN1CCC(OC(=O)C(N)CCS)CC1. The number of ether oxygens (including phenoxy) is 1. The molecule has 0 amide bonds. The molecule has 1 aliphatic heterocycles. The second-order valence-corrected chi connectivity index (χ2v) is 4.51. The molecular formula is C10H20N2O2S. The summed E-state index contributed by atoms with van der Waals surface area (Å²) in [6.45, 7) is 1.97. The van der Waals surface area contributed by atoms with Crippen LogP contribution in [0.5, 0.6) is 0 Å². The van der Waals surface area contributed by atoms with Crippen LogP contribution in [-0.4, -0.2) is 48.9 Å². The molecule has 15 heavy (non-hydrogen) atoms. The first-order valence-corrected chi connectivity index (χ1v) is 6.02. The minimum atomic E-state index is -0.512. The van der Waals surface area contributed by atoms with Crippen molar-refractivity contribution in [1.82, 2.24) is 4.90 Å². The molecule has 1 unspecified atom stereocenters. The van der Waals surface area contributed by atoms with Crippen molar-refractivity contribution in [3.8, 4) is 0 Å². The number of likely N-dealkylation sites (tertiary alicyclic amines) is 1. The molecule has 1 aliphatic rings. The zero-order chi connectivity index (χ0) is 11.3. The number of hydrogen-bond acceptors (Lipinski definition) is 5. The maximum Gasteiger partial charge on any atom is 0.323 e. The van der Waals surface area contributed by atoms with E-state index < -0.39 is 6.04 Å². The first-order chi connectivity index (χ1) is 7.13. The van der Waals surface area contributed by atoms with Gasteiger partial charge in [-0.05, 0) is 32.1 Å². The minimum absolute atomic E-state index is 0.0552. The van der Waals surface area contributed by atoms with E-state index >= 15 is 0 Å². The molecule has 0 aromatic heterocycles. The first kappa shape index (κ1) is 12.8. The van der Waals surface area contributed by atoms with Crippen molar-refractivity contribution in [2.45, 2.75) is 31.4 Å². The lowest BCUT2D eigenvalue weighted by Crippen LogP contribution is -2.40. The van der Waals surface area contributed by atoms with Gasteiger partial charge in [0, 0.05) is 13.1 Å². The zero-order valence-electron chi connectivity index (χ0n) is 9.19. The smallest absolute Gasteiger partial charge is 0.323 e. The highest BCUT2D eigenvalue weighted by Gasteiger charge is 2.22. The van der Waals surface area contributed by atoms with Crippen molar-refractivity contribution < 1.29 is 9.53 Å². The summed E-state index contributed by atoms with van der Waals surface area (Å²) >= 11 is 4.04. The Morgan fingerprint density at radius 2 is 2.20 bits per heavy atom. The van der Waals surface area contributed by atoms with Crippen LogP contribution in [0.25, 0.3) is 0 Å². The zero-order valence-corrected chi connectivity index (χ0v) is 10.1. The van der Waals surface area contributed by atoms with Gasteiger partial charge in [-0.3, -0.25) is 4.79 Å². The molecule has 1 fully saturated rings. The molecule has 0 saturated carbocycles. The van der Waals surface area contributed by atoms with Crippen LogP contribution in [0, 0.1) is 0 Å². The van der Waals surface area contributed by atoms with E-state index in [4.69, 9.17) is 10.5 Å². The van der Waals surface area contributed by atoms with Gasteiger partial charge in [-0.2, -0.15) is 12.6 Å². The Kier molecular flexibility index (Phi) is 5.42. The highest BCUT2D eigenvalue weighted by Crippen LogP contribution is 2.13. The van der Waals surface area contributed by atoms with E-state index in [9.17, 15) is 4.79 Å². The molecule has 0 aliphatic carbocycles. The number of hydrogen-bond donors (Lipinski definition) is 2. The predicted octanol–water partition coefficient (Wildman–Crippen LogP) is 0.271. The molecule has 0 aromatic rings. The van der Waals surface area contributed by atoms with Crippen LogP contribution in [0.1, 0.15) is 19.3 Å². The number of carbonyl (C=O) groups excluding carboxylic acids is 1. The van der Waals surface area contributed by atoms with Crippen molar-refractivity contribution in [3.05, 3.63) is 0 Å². The van der Waals surface area contributed by atoms with Gasteiger partial charge in [0.05, 0.1) is 0 Å². The summed E-state index contributed by atoms with van der Waals surface area (Å²) in [6, 6.07) is -0.512. The maximum absolute atomic E-state index is 11.5. The third-order valence-electron chi connectivity index (χ3n) is 2.69. The number of carbonyl (C=O) groups is 1.